The third kappa shape index (κ3) is 3.56. The summed E-state index contributed by atoms with van der Waals surface area (Å²) in [5.74, 6) is -1.92. The molecule has 1 N–H and O–H groups in total. The van der Waals surface area contributed by atoms with Crippen molar-refractivity contribution in [1.29, 1.82) is 5.26 Å². The van der Waals surface area contributed by atoms with E-state index in [4.69, 9.17) is 10.4 Å². The Bertz CT molecular complexity index is 707. The van der Waals surface area contributed by atoms with Crippen molar-refractivity contribution in [3.05, 3.63) is 29.6 Å². The SMILES string of the molecule is N#Cc1cc(S(=O)(=O)N(CC(=O)O)CC2CC2)ccc1F. The minimum atomic E-state index is -4.07. The molecule has 0 saturated heterocycles. The summed E-state index contributed by atoms with van der Waals surface area (Å²) in [6.45, 7) is -0.536. The molecule has 1 saturated carbocycles. The number of halogens is 1. The number of sulfonamides is 1. The Hall–Kier alpha value is -1.98. The highest BCUT2D eigenvalue weighted by molar-refractivity contribution is 7.89. The van der Waals surface area contributed by atoms with Crippen LogP contribution in [0.1, 0.15) is 18.4 Å². The summed E-state index contributed by atoms with van der Waals surface area (Å²) in [6, 6.07) is 4.41. The van der Waals surface area contributed by atoms with Gasteiger partial charge in [0, 0.05) is 6.54 Å². The van der Waals surface area contributed by atoms with Crippen LogP contribution in [0.25, 0.3) is 0 Å². The summed E-state index contributed by atoms with van der Waals surface area (Å²) < 4.78 is 39.0. The second-order valence-electron chi connectivity index (χ2n) is 4.89. The number of rotatable bonds is 6. The van der Waals surface area contributed by atoms with Crippen molar-refractivity contribution in [3.8, 4) is 6.07 Å². The van der Waals surface area contributed by atoms with Crippen LogP contribution >= 0.6 is 0 Å². The molecule has 6 nitrogen and oxygen atoms in total. The second-order valence-corrected chi connectivity index (χ2v) is 6.83. The number of benzene rings is 1. The van der Waals surface area contributed by atoms with Crippen LogP contribution in [-0.2, 0) is 14.8 Å². The van der Waals surface area contributed by atoms with Gasteiger partial charge in [-0.1, -0.05) is 0 Å². The first-order valence-electron chi connectivity index (χ1n) is 6.26. The first kappa shape index (κ1) is 15.4. The standard InChI is InChI=1S/C13H13FN2O4S/c14-12-4-3-11(5-10(12)6-15)21(19,20)16(8-13(17)18)7-9-1-2-9/h3-5,9H,1-2,7-8H2,(H,17,18). The lowest BCUT2D eigenvalue weighted by atomic mass is 10.2. The van der Waals surface area contributed by atoms with Crippen LogP contribution in [0.3, 0.4) is 0 Å². The first-order valence-corrected chi connectivity index (χ1v) is 7.70. The highest BCUT2D eigenvalue weighted by Crippen LogP contribution is 2.31. The van der Waals surface area contributed by atoms with Gasteiger partial charge >= 0.3 is 5.97 Å². The lowest BCUT2D eigenvalue weighted by molar-refractivity contribution is -0.137. The molecule has 1 aliphatic carbocycles. The normalized spacial score (nSPS) is 14.9. The maximum Gasteiger partial charge on any atom is 0.318 e. The molecule has 0 spiro atoms. The fourth-order valence-corrected chi connectivity index (χ4v) is 3.38. The van der Waals surface area contributed by atoms with E-state index in [0.717, 1.165) is 35.3 Å². The van der Waals surface area contributed by atoms with Crippen LogP contribution in [0.4, 0.5) is 4.39 Å². The average molecular weight is 312 g/mol. The molecule has 0 amide bonds. The van der Waals surface area contributed by atoms with E-state index in [1.807, 2.05) is 0 Å². The second kappa shape index (κ2) is 5.79. The van der Waals surface area contributed by atoms with E-state index in [0.29, 0.717) is 0 Å². The van der Waals surface area contributed by atoms with Crippen molar-refractivity contribution in [1.82, 2.24) is 4.31 Å². The van der Waals surface area contributed by atoms with Gasteiger partial charge in [0.05, 0.1) is 10.5 Å². The molecule has 1 fully saturated rings. The molecule has 0 aromatic heterocycles. The summed E-state index contributed by atoms with van der Waals surface area (Å²) in [6.07, 6.45) is 1.72. The number of hydrogen-bond acceptors (Lipinski definition) is 4. The van der Waals surface area contributed by atoms with Crippen LogP contribution in [0.15, 0.2) is 23.1 Å². The molecule has 0 aliphatic heterocycles. The largest absolute Gasteiger partial charge is 0.480 e. The van der Waals surface area contributed by atoms with Crippen molar-refractivity contribution in [2.24, 2.45) is 5.92 Å². The Kier molecular flexibility index (Phi) is 4.25. The van der Waals surface area contributed by atoms with Gasteiger partial charge in [-0.25, -0.2) is 12.8 Å². The number of nitriles is 1. The minimum Gasteiger partial charge on any atom is -0.480 e. The molecule has 21 heavy (non-hydrogen) atoms. The molecular weight excluding hydrogens is 299 g/mol. The first-order chi connectivity index (χ1) is 9.84. The van der Waals surface area contributed by atoms with Crippen molar-refractivity contribution in [2.75, 3.05) is 13.1 Å². The Morgan fingerprint density at radius 3 is 2.67 bits per heavy atom. The smallest absolute Gasteiger partial charge is 0.318 e. The molecule has 1 aromatic carbocycles. The van der Waals surface area contributed by atoms with Crippen LogP contribution < -0.4 is 0 Å². The zero-order valence-corrected chi connectivity index (χ0v) is 11.8. The maximum atomic E-state index is 13.3. The van der Waals surface area contributed by atoms with Gasteiger partial charge in [0.1, 0.15) is 18.4 Å². The summed E-state index contributed by atoms with van der Waals surface area (Å²) in [5, 5.41) is 17.6. The van der Waals surface area contributed by atoms with E-state index < -0.39 is 33.9 Å². The maximum absolute atomic E-state index is 13.3. The Morgan fingerprint density at radius 2 is 2.14 bits per heavy atom. The lowest BCUT2D eigenvalue weighted by Crippen LogP contribution is -2.37. The zero-order chi connectivity index (χ0) is 15.6. The fourth-order valence-electron chi connectivity index (χ4n) is 1.89. The molecular formula is C13H13FN2O4S. The zero-order valence-electron chi connectivity index (χ0n) is 11.0. The molecule has 0 bridgehead atoms. The van der Waals surface area contributed by atoms with Gasteiger partial charge in [-0.15, -0.1) is 0 Å². The average Bonchev–Trinajstić information content (AvgIpc) is 3.21. The summed E-state index contributed by atoms with van der Waals surface area (Å²) in [7, 11) is -4.07. The molecule has 1 aliphatic rings. The quantitative estimate of drug-likeness (QED) is 0.850. The molecule has 0 atom stereocenters. The van der Waals surface area contributed by atoms with E-state index in [1.54, 1.807) is 6.07 Å². The monoisotopic (exact) mass is 312 g/mol. The Morgan fingerprint density at radius 1 is 1.48 bits per heavy atom. The molecule has 112 valence electrons. The molecule has 0 unspecified atom stereocenters. The number of nitrogens with zero attached hydrogens (tertiary/aromatic N) is 2. The number of hydrogen-bond donors (Lipinski definition) is 1. The Labute approximate surface area is 121 Å². The number of carboxylic acids is 1. The van der Waals surface area contributed by atoms with Crippen molar-refractivity contribution >= 4 is 16.0 Å². The highest BCUT2D eigenvalue weighted by atomic mass is 32.2. The van der Waals surface area contributed by atoms with Gasteiger partial charge in [-0.3, -0.25) is 4.79 Å². The number of carbonyl (C=O) groups is 1. The van der Waals surface area contributed by atoms with E-state index in [9.17, 15) is 17.6 Å². The van der Waals surface area contributed by atoms with E-state index in [2.05, 4.69) is 0 Å². The van der Waals surface area contributed by atoms with Crippen molar-refractivity contribution in [3.63, 3.8) is 0 Å². The Balaban J connectivity index is 2.37. The molecule has 2 rings (SSSR count). The van der Waals surface area contributed by atoms with Gasteiger partial charge in [0.15, 0.2) is 0 Å². The van der Waals surface area contributed by atoms with Crippen molar-refractivity contribution < 1.29 is 22.7 Å². The molecule has 1 aromatic rings. The van der Waals surface area contributed by atoms with Gasteiger partial charge in [-0.05, 0) is 37.0 Å². The van der Waals surface area contributed by atoms with Gasteiger partial charge < -0.3 is 5.11 Å². The van der Waals surface area contributed by atoms with E-state index >= 15 is 0 Å². The third-order valence-electron chi connectivity index (χ3n) is 3.17. The number of carboxylic acid groups (broad SMARTS) is 1. The lowest BCUT2D eigenvalue weighted by Gasteiger charge is -2.20. The van der Waals surface area contributed by atoms with Crippen LogP contribution in [0, 0.1) is 23.1 Å². The van der Waals surface area contributed by atoms with Gasteiger partial charge in [0.25, 0.3) is 0 Å². The van der Waals surface area contributed by atoms with Gasteiger partial charge in [-0.2, -0.15) is 9.57 Å². The third-order valence-corrected chi connectivity index (χ3v) is 4.97. The molecule has 8 heteroatoms. The number of aliphatic carboxylic acids is 1. The highest BCUT2D eigenvalue weighted by Gasteiger charge is 2.33. The van der Waals surface area contributed by atoms with Crippen LogP contribution in [-0.4, -0.2) is 36.9 Å². The van der Waals surface area contributed by atoms with Crippen molar-refractivity contribution in [2.45, 2.75) is 17.7 Å². The summed E-state index contributed by atoms with van der Waals surface area (Å²) >= 11 is 0. The van der Waals surface area contributed by atoms with Crippen LogP contribution in [0.5, 0.6) is 0 Å². The van der Waals surface area contributed by atoms with Gasteiger partial charge in [0.2, 0.25) is 10.0 Å². The predicted molar refractivity (Wildman–Crippen MR) is 70.2 cm³/mol. The molecule has 0 heterocycles. The predicted octanol–water partition coefficient (Wildman–Crippen LogP) is 1.18. The topological polar surface area (TPSA) is 98.5 Å². The van der Waals surface area contributed by atoms with E-state index in [1.165, 1.54) is 0 Å². The van der Waals surface area contributed by atoms with Crippen LogP contribution in [0.2, 0.25) is 0 Å². The fraction of sp³-hybridized carbons (Fsp3) is 0.385. The summed E-state index contributed by atoms with van der Waals surface area (Å²) in [4.78, 5) is 10.6. The minimum absolute atomic E-state index is 0.119. The summed E-state index contributed by atoms with van der Waals surface area (Å²) in [5.41, 5.74) is -0.391. The van der Waals surface area contributed by atoms with E-state index in [-0.39, 0.29) is 17.4 Å². The molecule has 0 radical (unpaired) electrons.